The fourth-order valence-corrected chi connectivity index (χ4v) is 2.92. The Bertz CT molecular complexity index is 821. The van der Waals surface area contributed by atoms with Crippen molar-refractivity contribution in [3.8, 4) is 0 Å². The van der Waals surface area contributed by atoms with Crippen LogP contribution in [-0.2, 0) is 0 Å². The van der Waals surface area contributed by atoms with E-state index in [2.05, 4.69) is 32.4 Å². The van der Waals surface area contributed by atoms with E-state index in [4.69, 9.17) is 0 Å². The highest BCUT2D eigenvalue weighted by molar-refractivity contribution is 7.99. The van der Waals surface area contributed by atoms with Crippen LogP contribution < -0.4 is 0 Å². The molecule has 0 radical (unpaired) electrons. The number of nitrogens with zero attached hydrogens (tertiary/aromatic N) is 5. The molecular weight excluding hydrogens is 258 g/mol. The SMILES string of the molecule is Cc1nnc2n1N=Cc1cc3ccccc3nc1S2. The molecule has 0 atom stereocenters. The predicted octanol–water partition coefficient (Wildman–Crippen LogP) is 2.48. The lowest BCUT2D eigenvalue weighted by atomic mass is 10.2. The molecule has 0 fully saturated rings. The summed E-state index contributed by atoms with van der Waals surface area (Å²) in [5, 5.41) is 15.3. The number of hydrogen-bond donors (Lipinski definition) is 0. The van der Waals surface area contributed by atoms with Crippen molar-refractivity contribution < 1.29 is 0 Å². The molecule has 0 spiro atoms. The van der Waals surface area contributed by atoms with Gasteiger partial charge >= 0.3 is 0 Å². The molecule has 3 heterocycles. The number of rotatable bonds is 0. The van der Waals surface area contributed by atoms with E-state index in [1.165, 1.54) is 11.8 Å². The number of aryl methyl sites for hydroxylation is 1. The van der Waals surface area contributed by atoms with E-state index in [1.54, 1.807) is 4.68 Å². The molecular formula is C13H9N5S. The summed E-state index contributed by atoms with van der Waals surface area (Å²) in [6.07, 6.45) is 1.81. The molecule has 5 nitrogen and oxygen atoms in total. The van der Waals surface area contributed by atoms with Gasteiger partial charge < -0.3 is 0 Å². The maximum atomic E-state index is 4.67. The molecule has 0 unspecified atom stereocenters. The normalized spacial score (nSPS) is 13.1. The summed E-state index contributed by atoms with van der Waals surface area (Å²) < 4.78 is 1.73. The molecule has 3 aromatic rings. The monoisotopic (exact) mass is 267 g/mol. The summed E-state index contributed by atoms with van der Waals surface area (Å²) in [7, 11) is 0. The first-order valence-corrected chi connectivity index (χ1v) is 6.67. The van der Waals surface area contributed by atoms with Crippen LogP contribution in [0.25, 0.3) is 10.9 Å². The Morgan fingerprint density at radius 3 is 3.00 bits per heavy atom. The second-order valence-corrected chi connectivity index (χ2v) is 5.22. The van der Waals surface area contributed by atoms with Crippen LogP contribution in [0.4, 0.5) is 0 Å². The highest BCUT2D eigenvalue weighted by Crippen LogP contribution is 2.31. The molecule has 0 saturated heterocycles. The number of fused-ring (bicyclic) bond motifs is 3. The summed E-state index contributed by atoms with van der Waals surface area (Å²) in [5.74, 6) is 0.774. The summed E-state index contributed by atoms with van der Waals surface area (Å²) in [4.78, 5) is 4.67. The van der Waals surface area contributed by atoms with E-state index in [0.29, 0.717) is 0 Å². The van der Waals surface area contributed by atoms with Gasteiger partial charge in [0.15, 0.2) is 5.82 Å². The van der Waals surface area contributed by atoms with Crippen molar-refractivity contribution in [2.24, 2.45) is 5.10 Å². The molecule has 4 rings (SSSR count). The van der Waals surface area contributed by atoms with Crippen molar-refractivity contribution in [1.82, 2.24) is 19.9 Å². The summed E-state index contributed by atoms with van der Waals surface area (Å²) in [6.45, 7) is 1.88. The molecule has 0 amide bonds. The van der Waals surface area contributed by atoms with Gasteiger partial charge in [0.25, 0.3) is 0 Å². The van der Waals surface area contributed by atoms with Gasteiger partial charge in [-0.25, -0.2) is 4.98 Å². The van der Waals surface area contributed by atoms with E-state index in [1.807, 2.05) is 31.3 Å². The van der Waals surface area contributed by atoms with E-state index in [-0.39, 0.29) is 0 Å². The van der Waals surface area contributed by atoms with E-state index in [0.717, 1.165) is 32.5 Å². The lowest BCUT2D eigenvalue weighted by molar-refractivity contribution is 0.746. The van der Waals surface area contributed by atoms with Crippen molar-refractivity contribution in [2.75, 3.05) is 0 Å². The lowest BCUT2D eigenvalue weighted by Crippen LogP contribution is -1.92. The highest BCUT2D eigenvalue weighted by atomic mass is 32.2. The quantitative estimate of drug-likeness (QED) is 0.491. The zero-order valence-electron chi connectivity index (χ0n) is 10.1. The smallest absolute Gasteiger partial charge is 0.218 e. The third-order valence-corrected chi connectivity index (χ3v) is 3.94. The Kier molecular flexibility index (Phi) is 2.19. The van der Waals surface area contributed by atoms with Gasteiger partial charge in [0.2, 0.25) is 5.16 Å². The summed E-state index contributed by atoms with van der Waals surface area (Å²) in [5.41, 5.74) is 1.99. The minimum atomic E-state index is 0.746. The standard InChI is InChI=1S/C13H9N5S/c1-8-16-17-13-18(8)14-7-10-6-9-4-2-3-5-11(9)15-12(10)19-13/h2-7H,1H3. The van der Waals surface area contributed by atoms with Gasteiger partial charge in [0.1, 0.15) is 5.03 Å². The van der Waals surface area contributed by atoms with Crippen molar-refractivity contribution >= 4 is 28.9 Å². The molecule has 0 aliphatic carbocycles. The first-order valence-electron chi connectivity index (χ1n) is 5.85. The minimum absolute atomic E-state index is 0.746. The fraction of sp³-hybridized carbons (Fsp3) is 0.0769. The number of aromatic nitrogens is 4. The fourth-order valence-electron chi connectivity index (χ4n) is 2.03. The Morgan fingerprint density at radius 2 is 2.05 bits per heavy atom. The van der Waals surface area contributed by atoms with Crippen LogP contribution in [0.3, 0.4) is 0 Å². The molecule has 1 aromatic carbocycles. The van der Waals surface area contributed by atoms with Crippen molar-refractivity contribution in [3.05, 3.63) is 41.7 Å². The van der Waals surface area contributed by atoms with Gasteiger partial charge in [-0.15, -0.1) is 10.2 Å². The zero-order valence-corrected chi connectivity index (χ0v) is 10.9. The average Bonchev–Trinajstić information content (AvgIpc) is 2.68. The third kappa shape index (κ3) is 1.64. The van der Waals surface area contributed by atoms with Crippen molar-refractivity contribution in [1.29, 1.82) is 0 Å². The molecule has 1 aliphatic rings. The zero-order chi connectivity index (χ0) is 12.8. The van der Waals surface area contributed by atoms with E-state index < -0.39 is 0 Å². The lowest BCUT2D eigenvalue weighted by Gasteiger charge is -2.03. The Morgan fingerprint density at radius 1 is 1.16 bits per heavy atom. The minimum Gasteiger partial charge on any atom is -0.240 e. The maximum Gasteiger partial charge on any atom is 0.218 e. The molecule has 2 aromatic heterocycles. The highest BCUT2D eigenvalue weighted by Gasteiger charge is 2.16. The Balaban J connectivity index is 1.96. The summed E-state index contributed by atoms with van der Waals surface area (Å²) >= 11 is 1.49. The molecule has 1 aliphatic heterocycles. The second kappa shape index (κ2) is 3.89. The van der Waals surface area contributed by atoms with Crippen LogP contribution in [0.5, 0.6) is 0 Å². The third-order valence-electron chi connectivity index (χ3n) is 2.98. The van der Waals surface area contributed by atoms with Gasteiger partial charge in [-0.1, -0.05) is 18.2 Å². The van der Waals surface area contributed by atoms with Crippen LogP contribution in [-0.4, -0.2) is 26.1 Å². The van der Waals surface area contributed by atoms with Crippen LogP contribution >= 0.6 is 11.8 Å². The molecule has 92 valence electrons. The van der Waals surface area contributed by atoms with Crippen LogP contribution in [0, 0.1) is 6.92 Å². The Hall–Kier alpha value is -2.21. The molecule has 0 saturated carbocycles. The molecule has 0 bridgehead atoms. The topological polar surface area (TPSA) is 56.0 Å². The summed E-state index contributed by atoms with van der Waals surface area (Å²) in [6, 6.07) is 10.2. The van der Waals surface area contributed by atoms with Gasteiger partial charge in [-0.3, -0.25) is 0 Å². The number of hydrogen-bond acceptors (Lipinski definition) is 5. The average molecular weight is 267 g/mol. The molecule has 19 heavy (non-hydrogen) atoms. The Labute approximate surface area is 113 Å². The van der Waals surface area contributed by atoms with Gasteiger partial charge in [-0.05, 0) is 30.8 Å². The van der Waals surface area contributed by atoms with E-state index in [9.17, 15) is 0 Å². The van der Waals surface area contributed by atoms with Gasteiger partial charge in [-0.2, -0.15) is 9.78 Å². The molecule has 0 N–H and O–H groups in total. The van der Waals surface area contributed by atoms with Crippen LogP contribution in [0.2, 0.25) is 0 Å². The second-order valence-electron chi connectivity index (χ2n) is 4.26. The first kappa shape index (κ1) is 10.7. The van der Waals surface area contributed by atoms with Crippen molar-refractivity contribution in [3.63, 3.8) is 0 Å². The maximum absolute atomic E-state index is 4.67. The van der Waals surface area contributed by atoms with Crippen LogP contribution in [0.1, 0.15) is 11.4 Å². The molecule has 6 heteroatoms. The van der Waals surface area contributed by atoms with Crippen molar-refractivity contribution in [2.45, 2.75) is 17.1 Å². The number of pyridine rings is 1. The number of benzene rings is 1. The van der Waals surface area contributed by atoms with Gasteiger partial charge in [0, 0.05) is 10.9 Å². The largest absolute Gasteiger partial charge is 0.240 e. The van der Waals surface area contributed by atoms with Gasteiger partial charge in [0.05, 0.1) is 11.7 Å². The first-order chi connectivity index (χ1) is 9.31. The predicted molar refractivity (Wildman–Crippen MR) is 73.6 cm³/mol. The van der Waals surface area contributed by atoms with Crippen LogP contribution in [0.15, 0.2) is 45.6 Å². The van der Waals surface area contributed by atoms with E-state index >= 15 is 0 Å². The number of para-hydroxylation sites is 1.